The fourth-order valence-corrected chi connectivity index (χ4v) is 5.86. The first-order valence-electron chi connectivity index (χ1n) is 9.36. The molecule has 1 saturated heterocycles. The molecule has 1 atom stereocenters. The number of hydrogen-bond donors (Lipinski definition) is 1. The lowest BCUT2D eigenvalue weighted by Gasteiger charge is -2.26. The van der Waals surface area contributed by atoms with Gasteiger partial charge in [-0.05, 0) is 54.3 Å². The van der Waals surface area contributed by atoms with E-state index in [4.69, 9.17) is 9.47 Å². The second kappa shape index (κ2) is 6.49. The molecular formula is C20H20N2O5S. The van der Waals surface area contributed by atoms with Crippen LogP contribution in [-0.4, -0.2) is 38.4 Å². The maximum absolute atomic E-state index is 13.4. The van der Waals surface area contributed by atoms with Crippen molar-refractivity contribution in [3.05, 3.63) is 47.5 Å². The summed E-state index contributed by atoms with van der Waals surface area (Å²) in [6.07, 6.45) is 1.76. The molecule has 146 valence electrons. The van der Waals surface area contributed by atoms with E-state index in [0.29, 0.717) is 36.9 Å². The summed E-state index contributed by atoms with van der Waals surface area (Å²) >= 11 is 0. The highest BCUT2D eigenvalue weighted by molar-refractivity contribution is 7.89. The van der Waals surface area contributed by atoms with Gasteiger partial charge in [-0.1, -0.05) is 6.07 Å². The summed E-state index contributed by atoms with van der Waals surface area (Å²) in [5.74, 6) is 1.24. The van der Waals surface area contributed by atoms with Crippen molar-refractivity contribution in [3.63, 3.8) is 0 Å². The topological polar surface area (TPSA) is 84.9 Å². The number of nitrogens with zero attached hydrogens (tertiary/aromatic N) is 1. The Morgan fingerprint density at radius 3 is 2.71 bits per heavy atom. The Balaban J connectivity index is 1.48. The first kappa shape index (κ1) is 17.5. The predicted molar refractivity (Wildman–Crippen MR) is 102 cm³/mol. The molecule has 5 rings (SSSR count). The Morgan fingerprint density at radius 2 is 1.86 bits per heavy atom. The molecule has 3 heterocycles. The number of benzene rings is 2. The minimum Gasteiger partial charge on any atom is -0.486 e. The zero-order valence-corrected chi connectivity index (χ0v) is 16.0. The highest BCUT2D eigenvalue weighted by Crippen LogP contribution is 2.41. The van der Waals surface area contributed by atoms with Crippen LogP contribution in [0.15, 0.2) is 41.3 Å². The van der Waals surface area contributed by atoms with Crippen LogP contribution in [-0.2, 0) is 21.2 Å². The van der Waals surface area contributed by atoms with E-state index in [1.54, 1.807) is 22.5 Å². The van der Waals surface area contributed by atoms with Crippen LogP contribution in [0.2, 0.25) is 0 Å². The predicted octanol–water partition coefficient (Wildman–Crippen LogP) is 2.48. The Labute approximate surface area is 163 Å². The SMILES string of the molecule is O=C1Cc2cc(S(=O)(=O)N3CCCC3c3ccc4c(c3)OCCO4)ccc2N1. The highest BCUT2D eigenvalue weighted by Gasteiger charge is 2.37. The maximum Gasteiger partial charge on any atom is 0.243 e. The molecule has 8 heteroatoms. The molecule has 0 radical (unpaired) electrons. The number of amides is 1. The fraction of sp³-hybridized carbons (Fsp3) is 0.350. The van der Waals surface area contributed by atoms with Crippen LogP contribution in [0.25, 0.3) is 0 Å². The standard InChI is InChI=1S/C20H20N2O5S/c23-20-12-14-10-15(4-5-16(14)21-20)28(24,25)22-7-1-2-17(22)13-3-6-18-19(11-13)27-9-8-26-18/h3-6,10-11,17H,1-2,7-9,12H2,(H,21,23). The molecule has 1 fully saturated rings. The molecule has 0 saturated carbocycles. The van der Waals surface area contributed by atoms with Gasteiger partial charge in [-0.2, -0.15) is 4.31 Å². The third kappa shape index (κ3) is 2.84. The number of sulfonamides is 1. The van der Waals surface area contributed by atoms with Crippen molar-refractivity contribution in [2.24, 2.45) is 0 Å². The molecule has 1 N–H and O–H groups in total. The molecule has 1 unspecified atom stereocenters. The molecule has 28 heavy (non-hydrogen) atoms. The second-order valence-corrected chi connectivity index (χ2v) is 9.11. The maximum atomic E-state index is 13.4. The van der Waals surface area contributed by atoms with Crippen molar-refractivity contribution < 1.29 is 22.7 Å². The third-order valence-electron chi connectivity index (χ3n) is 5.46. The Hall–Kier alpha value is -2.58. The van der Waals surface area contributed by atoms with Crippen molar-refractivity contribution in [2.45, 2.75) is 30.2 Å². The van der Waals surface area contributed by atoms with Crippen LogP contribution >= 0.6 is 0 Å². The second-order valence-electron chi connectivity index (χ2n) is 7.22. The van der Waals surface area contributed by atoms with Crippen molar-refractivity contribution in [2.75, 3.05) is 25.1 Å². The van der Waals surface area contributed by atoms with Gasteiger partial charge in [0.05, 0.1) is 17.4 Å². The van der Waals surface area contributed by atoms with Crippen molar-refractivity contribution >= 4 is 21.6 Å². The molecule has 0 aromatic heterocycles. The van der Waals surface area contributed by atoms with E-state index in [-0.39, 0.29) is 23.3 Å². The largest absolute Gasteiger partial charge is 0.486 e. The van der Waals surface area contributed by atoms with Crippen LogP contribution in [0.4, 0.5) is 5.69 Å². The molecule has 2 aromatic carbocycles. The molecule has 1 amide bonds. The monoisotopic (exact) mass is 400 g/mol. The average Bonchev–Trinajstić information content (AvgIpc) is 3.33. The summed E-state index contributed by atoms with van der Waals surface area (Å²) in [5.41, 5.74) is 2.32. The molecule has 0 bridgehead atoms. The van der Waals surface area contributed by atoms with Crippen molar-refractivity contribution in [1.29, 1.82) is 0 Å². The number of ether oxygens (including phenoxy) is 2. The van der Waals surface area contributed by atoms with Gasteiger partial charge in [-0.25, -0.2) is 8.42 Å². The van der Waals surface area contributed by atoms with E-state index in [1.165, 1.54) is 0 Å². The van der Waals surface area contributed by atoms with Gasteiger partial charge < -0.3 is 14.8 Å². The molecule has 3 aliphatic rings. The number of fused-ring (bicyclic) bond motifs is 2. The van der Waals surface area contributed by atoms with E-state index in [2.05, 4.69) is 5.32 Å². The third-order valence-corrected chi connectivity index (χ3v) is 7.37. The summed E-state index contributed by atoms with van der Waals surface area (Å²) in [4.78, 5) is 11.8. The Bertz CT molecular complexity index is 1070. The van der Waals surface area contributed by atoms with E-state index in [0.717, 1.165) is 24.0 Å². The molecule has 0 aliphatic carbocycles. The first-order chi connectivity index (χ1) is 13.5. The van der Waals surface area contributed by atoms with Crippen LogP contribution in [0, 0.1) is 0 Å². The van der Waals surface area contributed by atoms with E-state index in [9.17, 15) is 13.2 Å². The van der Waals surface area contributed by atoms with Crippen LogP contribution in [0.3, 0.4) is 0 Å². The molecule has 7 nitrogen and oxygen atoms in total. The lowest BCUT2D eigenvalue weighted by molar-refractivity contribution is -0.115. The summed E-state index contributed by atoms with van der Waals surface area (Å²) < 4.78 is 39.5. The van der Waals surface area contributed by atoms with Gasteiger partial charge in [0.15, 0.2) is 11.5 Å². The number of hydrogen-bond acceptors (Lipinski definition) is 5. The first-order valence-corrected chi connectivity index (χ1v) is 10.8. The molecule has 0 spiro atoms. The molecule has 2 aromatic rings. The van der Waals surface area contributed by atoms with E-state index >= 15 is 0 Å². The quantitative estimate of drug-likeness (QED) is 0.856. The lowest BCUT2D eigenvalue weighted by atomic mass is 10.0. The summed E-state index contributed by atoms with van der Waals surface area (Å²) in [5, 5.41) is 2.74. The van der Waals surface area contributed by atoms with Gasteiger partial charge in [-0.15, -0.1) is 0 Å². The zero-order chi connectivity index (χ0) is 19.3. The van der Waals surface area contributed by atoms with Gasteiger partial charge >= 0.3 is 0 Å². The minimum absolute atomic E-state index is 0.111. The normalized spacial score (nSPS) is 21.4. The number of rotatable bonds is 3. The van der Waals surface area contributed by atoms with E-state index in [1.807, 2.05) is 18.2 Å². The summed E-state index contributed by atoms with van der Waals surface area (Å²) in [6.45, 7) is 1.48. The van der Waals surface area contributed by atoms with Gasteiger partial charge in [0, 0.05) is 12.2 Å². The minimum atomic E-state index is -3.67. The average molecular weight is 400 g/mol. The summed E-state index contributed by atoms with van der Waals surface area (Å²) in [6, 6.07) is 10.3. The van der Waals surface area contributed by atoms with Gasteiger partial charge in [-0.3, -0.25) is 4.79 Å². The van der Waals surface area contributed by atoms with Crippen LogP contribution < -0.4 is 14.8 Å². The number of carbonyl (C=O) groups is 1. The molecular weight excluding hydrogens is 380 g/mol. The highest BCUT2D eigenvalue weighted by atomic mass is 32.2. The smallest absolute Gasteiger partial charge is 0.243 e. The fourth-order valence-electron chi connectivity index (χ4n) is 4.13. The Kier molecular flexibility index (Phi) is 4.06. The van der Waals surface area contributed by atoms with Crippen LogP contribution in [0.1, 0.15) is 30.0 Å². The van der Waals surface area contributed by atoms with E-state index < -0.39 is 10.0 Å². The van der Waals surface area contributed by atoms with Gasteiger partial charge in [0.25, 0.3) is 0 Å². The number of anilines is 1. The van der Waals surface area contributed by atoms with Crippen LogP contribution in [0.5, 0.6) is 11.5 Å². The van der Waals surface area contributed by atoms with Gasteiger partial charge in [0.2, 0.25) is 15.9 Å². The summed E-state index contributed by atoms with van der Waals surface area (Å²) in [7, 11) is -3.67. The van der Waals surface area contributed by atoms with Crippen molar-refractivity contribution in [3.8, 4) is 11.5 Å². The zero-order valence-electron chi connectivity index (χ0n) is 15.2. The molecule has 3 aliphatic heterocycles. The Morgan fingerprint density at radius 1 is 1.04 bits per heavy atom. The van der Waals surface area contributed by atoms with Crippen molar-refractivity contribution in [1.82, 2.24) is 4.31 Å². The number of nitrogens with one attached hydrogen (secondary N) is 1. The number of carbonyl (C=O) groups excluding carboxylic acids is 1. The van der Waals surface area contributed by atoms with Gasteiger partial charge in [0.1, 0.15) is 13.2 Å². The lowest BCUT2D eigenvalue weighted by Crippen LogP contribution is -2.30.